The van der Waals surface area contributed by atoms with E-state index in [0.717, 1.165) is 34.5 Å². The van der Waals surface area contributed by atoms with Gasteiger partial charge in [-0.3, -0.25) is 10.1 Å². The Hall–Kier alpha value is -3.48. The number of hydrogen-bond acceptors (Lipinski definition) is 5. The number of anilines is 1. The van der Waals surface area contributed by atoms with Crippen LogP contribution in [0, 0.1) is 17.0 Å². The number of imidazole rings is 1. The molecule has 0 spiro atoms. The van der Waals surface area contributed by atoms with Crippen molar-refractivity contribution in [1.29, 1.82) is 0 Å². The van der Waals surface area contributed by atoms with Gasteiger partial charge in [0.15, 0.2) is 5.52 Å². The predicted molar refractivity (Wildman–Crippen MR) is 101 cm³/mol. The first-order valence-electron chi connectivity index (χ1n) is 8.33. The zero-order valence-corrected chi connectivity index (χ0v) is 14.2. The quantitative estimate of drug-likeness (QED) is 0.439. The van der Waals surface area contributed by atoms with Crippen molar-refractivity contribution < 1.29 is 4.92 Å². The van der Waals surface area contributed by atoms with Crippen LogP contribution in [-0.2, 0) is 6.42 Å². The lowest BCUT2D eigenvalue weighted by molar-refractivity contribution is -0.383. The highest BCUT2D eigenvalue weighted by atomic mass is 16.6. The Morgan fingerprint density at radius 3 is 2.88 bits per heavy atom. The molecule has 0 saturated heterocycles. The third kappa shape index (κ3) is 2.95. The Morgan fingerprint density at radius 2 is 2.08 bits per heavy atom. The number of para-hydroxylation sites is 1. The Labute approximate surface area is 149 Å². The molecule has 0 bridgehead atoms. The summed E-state index contributed by atoms with van der Waals surface area (Å²) in [5.41, 5.74) is 3.93. The van der Waals surface area contributed by atoms with Crippen LogP contribution >= 0.6 is 0 Å². The molecule has 4 rings (SSSR count). The van der Waals surface area contributed by atoms with Gasteiger partial charge in [-0.05, 0) is 25.1 Å². The predicted octanol–water partition coefficient (Wildman–Crippen LogP) is 3.75. The monoisotopic (exact) mass is 347 g/mol. The number of nitro groups is 1. The number of aryl methyl sites for hydroxylation is 1. The van der Waals surface area contributed by atoms with Crippen molar-refractivity contribution in [3.05, 3.63) is 76.4 Å². The maximum absolute atomic E-state index is 11.3. The molecule has 7 heteroatoms. The minimum absolute atomic E-state index is 0.0228. The van der Waals surface area contributed by atoms with Crippen LogP contribution in [0.25, 0.3) is 16.6 Å². The molecule has 7 nitrogen and oxygen atoms in total. The summed E-state index contributed by atoms with van der Waals surface area (Å²) >= 11 is 0. The smallest absolute Gasteiger partial charge is 0.295 e. The average Bonchev–Trinajstić information content (AvgIpc) is 3.03. The molecule has 4 aromatic rings. The van der Waals surface area contributed by atoms with Gasteiger partial charge >= 0.3 is 0 Å². The van der Waals surface area contributed by atoms with Gasteiger partial charge in [-0.1, -0.05) is 18.2 Å². The van der Waals surface area contributed by atoms with E-state index in [4.69, 9.17) is 0 Å². The Kier molecular flexibility index (Phi) is 3.96. The molecular formula is C19H17N5O2. The Morgan fingerprint density at radius 1 is 1.19 bits per heavy atom. The minimum atomic E-state index is -0.394. The van der Waals surface area contributed by atoms with Crippen LogP contribution in [0.4, 0.5) is 11.4 Å². The normalized spacial score (nSPS) is 11.1. The largest absolute Gasteiger partial charge is 0.384 e. The highest BCUT2D eigenvalue weighted by Crippen LogP contribution is 2.29. The summed E-state index contributed by atoms with van der Waals surface area (Å²) < 4.78 is 1.99. The second-order valence-electron chi connectivity index (χ2n) is 6.12. The molecule has 1 aromatic carbocycles. The fraction of sp³-hybridized carbons (Fsp3) is 0.158. The molecule has 26 heavy (non-hydrogen) atoms. The number of nitrogens with one attached hydrogen (secondary N) is 1. The fourth-order valence-corrected chi connectivity index (χ4v) is 3.09. The molecule has 0 saturated carbocycles. The van der Waals surface area contributed by atoms with Gasteiger partial charge in [-0.15, -0.1) is 0 Å². The molecule has 0 radical (unpaired) electrons. The van der Waals surface area contributed by atoms with Gasteiger partial charge in [0.05, 0.1) is 10.6 Å². The fourth-order valence-electron chi connectivity index (χ4n) is 3.09. The van der Waals surface area contributed by atoms with E-state index in [-0.39, 0.29) is 5.69 Å². The van der Waals surface area contributed by atoms with Gasteiger partial charge < -0.3 is 9.72 Å². The number of non-ortho nitro benzene ring substituents is 1. The number of hydrogen-bond donors (Lipinski definition) is 1. The van der Waals surface area contributed by atoms with Crippen LogP contribution in [0.15, 0.2) is 54.9 Å². The van der Waals surface area contributed by atoms with Crippen molar-refractivity contribution in [1.82, 2.24) is 14.4 Å². The lowest BCUT2D eigenvalue weighted by Crippen LogP contribution is -2.06. The lowest BCUT2D eigenvalue weighted by atomic mass is 10.1. The zero-order valence-electron chi connectivity index (χ0n) is 14.2. The molecule has 130 valence electrons. The van der Waals surface area contributed by atoms with Gasteiger partial charge in [-0.25, -0.2) is 9.97 Å². The number of pyridine rings is 2. The highest BCUT2D eigenvalue weighted by molar-refractivity contribution is 5.96. The van der Waals surface area contributed by atoms with E-state index < -0.39 is 4.92 Å². The number of nitrogens with zero attached hydrogens (tertiary/aromatic N) is 4. The second kappa shape index (κ2) is 6.44. The van der Waals surface area contributed by atoms with Crippen LogP contribution in [0.2, 0.25) is 0 Å². The van der Waals surface area contributed by atoms with Crippen LogP contribution in [0.3, 0.4) is 0 Å². The van der Waals surface area contributed by atoms with E-state index in [1.54, 1.807) is 6.07 Å². The molecule has 3 aromatic heterocycles. The molecule has 0 aliphatic rings. The van der Waals surface area contributed by atoms with Crippen molar-refractivity contribution in [2.45, 2.75) is 13.3 Å². The molecular weight excluding hydrogens is 330 g/mol. The third-order valence-electron chi connectivity index (χ3n) is 4.25. The van der Waals surface area contributed by atoms with Crippen LogP contribution in [-0.4, -0.2) is 25.8 Å². The highest BCUT2D eigenvalue weighted by Gasteiger charge is 2.15. The standard InChI is InChI=1S/C19H17N5O2/c1-13-11-16(15-5-4-6-17(24(25)26)19(15)21-13)20-9-8-14-12-23-10-3-2-7-18(23)22-14/h2-7,10-12H,8-9H2,1H3,(H,20,21). The van der Waals surface area contributed by atoms with Crippen LogP contribution in [0.1, 0.15) is 11.4 Å². The molecule has 0 aliphatic heterocycles. The summed E-state index contributed by atoms with van der Waals surface area (Å²) in [6, 6.07) is 12.8. The van der Waals surface area contributed by atoms with Crippen molar-refractivity contribution in [2.24, 2.45) is 0 Å². The van der Waals surface area contributed by atoms with Gasteiger partial charge in [0.25, 0.3) is 5.69 Å². The molecule has 0 unspecified atom stereocenters. The third-order valence-corrected chi connectivity index (χ3v) is 4.25. The van der Waals surface area contributed by atoms with Gasteiger partial charge in [0.1, 0.15) is 5.65 Å². The molecule has 0 fully saturated rings. The summed E-state index contributed by atoms with van der Waals surface area (Å²) in [6.45, 7) is 2.51. The summed E-state index contributed by atoms with van der Waals surface area (Å²) in [5, 5.41) is 15.4. The van der Waals surface area contributed by atoms with Crippen LogP contribution < -0.4 is 5.32 Å². The molecule has 3 heterocycles. The first-order valence-corrected chi connectivity index (χ1v) is 8.33. The number of rotatable bonds is 5. The Bertz CT molecular complexity index is 1090. The lowest BCUT2D eigenvalue weighted by Gasteiger charge is -2.10. The van der Waals surface area contributed by atoms with Crippen molar-refractivity contribution in [3.8, 4) is 0 Å². The van der Waals surface area contributed by atoms with E-state index in [1.807, 2.05) is 54.0 Å². The second-order valence-corrected chi connectivity index (χ2v) is 6.12. The zero-order chi connectivity index (χ0) is 18.1. The number of aromatic nitrogens is 3. The van der Waals surface area contributed by atoms with Crippen molar-refractivity contribution in [2.75, 3.05) is 11.9 Å². The van der Waals surface area contributed by atoms with Crippen molar-refractivity contribution in [3.63, 3.8) is 0 Å². The molecule has 0 amide bonds. The first-order chi connectivity index (χ1) is 12.6. The Balaban J connectivity index is 1.58. The first kappa shape index (κ1) is 16.0. The topological polar surface area (TPSA) is 85.4 Å². The molecule has 0 aliphatic carbocycles. The van der Waals surface area contributed by atoms with E-state index >= 15 is 0 Å². The maximum Gasteiger partial charge on any atom is 0.295 e. The summed E-state index contributed by atoms with van der Waals surface area (Å²) in [6.07, 6.45) is 4.73. The van der Waals surface area contributed by atoms with Crippen LogP contribution in [0.5, 0.6) is 0 Å². The minimum Gasteiger partial charge on any atom is -0.384 e. The number of benzene rings is 1. The van der Waals surface area contributed by atoms with E-state index in [0.29, 0.717) is 12.1 Å². The van der Waals surface area contributed by atoms with E-state index in [9.17, 15) is 10.1 Å². The van der Waals surface area contributed by atoms with E-state index in [2.05, 4.69) is 15.3 Å². The number of fused-ring (bicyclic) bond motifs is 2. The summed E-state index contributed by atoms with van der Waals surface area (Å²) in [4.78, 5) is 19.8. The maximum atomic E-state index is 11.3. The molecule has 1 N–H and O–H groups in total. The van der Waals surface area contributed by atoms with E-state index in [1.165, 1.54) is 6.07 Å². The molecule has 0 atom stereocenters. The average molecular weight is 347 g/mol. The van der Waals surface area contributed by atoms with Gasteiger partial charge in [-0.2, -0.15) is 0 Å². The summed E-state index contributed by atoms with van der Waals surface area (Å²) in [5.74, 6) is 0. The number of nitro benzene ring substituents is 1. The van der Waals surface area contributed by atoms with Gasteiger partial charge in [0, 0.05) is 48.2 Å². The van der Waals surface area contributed by atoms with Gasteiger partial charge in [0.2, 0.25) is 0 Å². The SMILES string of the molecule is Cc1cc(NCCc2cn3ccccc3n2)c2cccc([N+](=O)[O-])c2n1. The van der Waals surface area contributed by atoms with Crippen molar-refractivity contribution >= 4 is 27.9 Å². The summed E-state index contributed by atoms with van der Waals surface area (Å²) in [7, 11) is 0.